The van der Waals surface area contributed by atoms with Gasteiger partial charge in [0.15, 0.2) is 6.10 Å². The van der Waals surface area contributed by atoms with Gasteiger partial charge >= 0.3 is 11.6 Å². The third-order valence-corrected chi connectivity index (χ3v) is 3.39. The lowest BCUT2D eigenvalue weighted by molar-refractivity contribution is -0.147. The Hall–Kier alpha value is -2.30. The van der Waals surface area contributed by atoms with Gasteiger partial charge in [-0.2, -0.15) is 0 Å². The Bertz CT molecular complexity index is 745. The van der Waals surface area contributed by atoms with E-state index in [1.165, 1.54) is 13.2 Å². The maximum absolute atomic E-state index is 11.7. The summed E-state index contributed by atoms with van der Waals surface area (Å²) in [5.41, 5.74) is 1.84. The number of carbonyl (C=O) groups is 1. The molecule has 0 saturated carbocycles. The Labute approximate surface area is 128 Å². The molecule has 2 rings (SSSR count). The van der Waals surface area contributed by atoms with Crippen molar-refractivity contribution in [2.75, 3.05) is 7.11 Å². The summed E-state index contributed by atoms with van der Waals surface area (Å²) in [7, 11) is 1.32. The molecule has 0 aliphatic carbocycles. The first-order chi connectivity index (χ1) is 10.5. The Kier molecular flexibility index (Phi) is 4.85. The Balaban J connectivity index is 2.61. The van der Waals surface area contributed by atoms with Crippen molar-refractivity contribution >= 4 is 16.9 Å². The minimum Gasteiger partial charge on any atom is -0.478 e. The number of methoxy groups -OCH3 is 1. The molecule has 0 amide bonds. The molecule has 1 heterocycles. The van der Waals surface area contributed by atoms with Crippen LogP contribution < -0.4 is 10.4 Å². The highest BCUT2D eigenvalue weighted by Gasteiger charge is 2.19. The summed E-state index contributed by atoms with van der Waals surface area (Å²) in [6.45, 7) is 5.53. The van der Waals surface area contributed by atoms with Crippen LogP contribution in [-0.4, -0.2) is 19.2 Å². The summed E-state index contributed by atoms with van der Waals surface area (Å²) in [4.78, 5) is 23.3. The van der Waals surface area contributed by atoms with Gasteiger partial charge in [0.05, 0.1) is 12.5 Å². The zero-order chi connectivity index (χ0) is 16.3. The van der Waals surface area contributed by atoms with Gasteiger partial charge in [-0.3, -0.25) is 0 Å². The van der Waals surface area contributed by atoms with Crippen molar-refractivity contribution in [3.05, 3.63) is 39.7 Å². The molecule has 1 unspecified atom stereocenters. The Morgan fingerprint density at radius 3 is 2.68 bits per heavy atom. The maximum Gasteiger partial charge on any atom is 0.346 e. The van der Waals surface area contributed by atoms with E-state index < -0.39 is 12.1 Å². The predicted molar refractivity (Wildman–Crippen MR) is 83.3 cm³/mol. The Morgan fingerprint density at radius 1 is 1.32 bits per heavy atom. The van der Waals surface area contributed by atoms with Crippen LogP contribution in [0.3, 0.4) is 0 Å². The second-order valence-corrected chi connectivity index (χ2v) is 5.26. The topological polar surface area (TPSA) is 65.7 Å². The molecule has 0 radical (unpaired) electrons. The standard InChI is InChI=1S/C17H20O5/c1-5-6-12-9-15(18)22-14-8-10(2)7-13(16(12)14)21-11(3)17(19)20-4/h7-9,11H,5-6H2,1-4H3. The second-order valence-electron chi connectivity index (χ2n) is 5.26. The minimum atomic E-state index is -0.739. The summed E-state index contributed by atoms with van der Waals surface area (Å²) >= 11 is 0. The largest absolute Gasteiger partial charge is 0.478 e. The second kappa shape index (κ2) is 6.64. The molecule has 1 aromatic heterocycles. The first-order valence-corrected chi connectivity index (χ1v) is 7.28. The number of hydrogen-bond donors (Lipinski definition) is 0. The lowest BCUT2D eigenvalue weighted by atomic mass is 10.0. The third kappa shape index (κ3) is 3.30. The molecular formula is C17H20O5. The first-order valence-electron chi connectivity index (χ1n) is 7.28. The first kappa shape index (κ1) is 16.1. The van der Waals surface area contributed by atoms with Crippen molar-refractivity contribution in [3.8, 4) is 5.75 Å². The van der Waals surface area contributed by atoms with E-state index in [9.17, 15) is 9.59 Å². The van der Waals surface area contributed by atoms with E-state index in [0.717, 1.165) is 29.4 Å². The SMILES string of the molecule is CCCc1cc(=O)oc2cc(C)cc(OC(C)C(=O)OC)c12. The number of esters is 1. The van der Waals surface area contributed by atoms with Gasteiger partial charge in [0.2, 0.25) is 0 Å². The van der Waals surface area contributed by atoms with Crippen LogP contribution in [0.2, 0.25) is 0 Å². The molecule has 0 aliphatic heterocycles. The summed E-state index contributed by atoms with van der Waals surface area (Å²) in [6, 6.07) is 5.11. The van der Waals surface area contributed by atoms with Gasteiger partial charge in [-0.1, -0.05) is 13.3 Å². The van der Waals surface area contributed by atoms with E-state index in [2.05, 4.69) is 4.74 Å². The average Bonchev–Trinajstić information content (AvgIpc) is 2.45. The molecule has 0 N–H and O–H groups in total. The molecular weight excluding hydrogens is 284 g/mol. The third-order valence-electron chi connectivity index (χ3n) is 3.39. The van der Waals surface area contributed by atoms with Crippen LogP contribution in [0.25, 0.3) is 11.0 Å². The molecule has 22 heavy (non-hydrogen) atoms. The van der Waals surface area contributed by atoms with Crippen LogP contribution >= 0.6 is 0 Å². The zero-order valence-corrected chi connectivity index (χ0v) is 13.3. The molecule has 0 saturated heterocycles. The van der Waals surface area contributed by atoms with E-state index in [4.69, 9.17) is 9.15 Å². The van der Waals surface area contributed by atoms with Gasteiger partial charge in [0.1, 0.15) is 11.3 Å². The van der Waals surface area contributed by atoms with Crippen LogP contribution in [0.1, 0.15) is 31.4 Å². The van der Waals surface area contributed by atoms with Crippen molar-refractivity contribution < 1.29 is 18.7 Å². The molecule has 0 aliphatic rings. The van der Waals surface area contributed by atoms with E-state index in [0.29, 0.717) is 11.3 Å². The smallest absolute Gasteiger partial charge is 0.346 e. The highest BCUT2D eigenvalue weighted by atomic mass is 16.6. The van der Waals surface area contributed by atoms with Crippen molar-refractivity contribution in [2.45, 2.75) is 39.7 Å². The van der Waals surface area contributed by atoms with Gasteiger partial charge in [0.25, 0.3) is 0 Å². The van der Waals surface area contributed by atoms with E-state index in [-0.39, 0.29) is 5.63 Å². The fourth-order valence-corrected chi connectivity index (χ4v) is 2.43. The zero-order valence-electron chi connectivity index (χ0n) is 13.3. The highest BCUT2D eigenvalue weighted by Crippen LogP contribution is 2.31. The van der Waals surface area contributed by atoms with Gasteiger partial charge in [-0.15, -0.1) is 0 Å². The van der Waals surface area contributed by atoms with Gasteiger partial charge in [-0.25, -0.2) is 9.59 Å². The van der Waals surface area contributed by atoms with Crippen LogP contribution in [0.4, 0.5) is 0 Å². The molecule has 5 nitrogen and oxygen atoms in total. The van der Waals surface area contributed by atoms with Crippen LogP contribution in [0.5, 0.6) is 5.75 Å². The maximum atomic E-state index is 11.7. The molecule has 0 spiro atoms. The molecule has 0 fully saturated rings. The summed E-state index contributed by atoms with van der Waals surface area (Å²) < 4.78 is 15.7. The number of fused-ring (bicyclic) bond motifs is 1. The Morgan fingerprint density at radius 2 is 2.05 bits per heavy atom. The van der Waals surface area contributed by atoms with E-state index in [1.54, 1.807) is 13.0 Å². The van der Waals surface area contributed by atoms with Gasteiger partial charge in [-0.05, 0) is 43.5 Å². The summed E-state index contributed by atoms with van der Waals surface area (Å²) in [6.07, 6.45) is 0.878. The predicted octanol–water partition coefficient (Wildman–Crippen LogP) is 2.99. The molecule has 2 aromatic rings. The van der Waals surface area contributed by atoms with Crippen LogP contribution in [0.15, 0.2) is 27.4 Å². The van der Waals surface area contributed by atoms with E-state index in [1.807, 2.05) is 19.9 Å². The normalized spacial score (nSPS) is 12.2. The number of ether oxygens (including phenoxy) is 2. The minimum absolute atomic E-state index is 0.381. The molecule has 1 atom stereocenters. The van der Waals surface area contributed by atoms with Crippen LogP contribution in [-0.2, 0) is 16.0 Å². The fraction of sp³-hybridized carbons (Fsp3) is 0.412. The average molecular weight is 304 g/mol. The summed E-state index contributed by atoms with van der Waals surface area (Å²) in [5, 5.41) is 0.739. The summed E-state index contributed by atoms with van der Waals surface area (Å²) in [5.74, 6) is 0.0733. The van der Waals surface area contributed by atoms with Crippen molar-refractivity contribution in [1.29, 1.82) is 0 Å². The fourth-order valence-electron chi connectivity index (χ4n) is 2.43. The lowest BCUT2D eigenvalue weighted by Crippen LogP contribution is -2.25. The molecule has 1 aromatic carbocycles. The van der Waals surface area contributed by atoms with Crippen molar-refractivity contribution in [3.63, 3.8) is 0 Å². The van der Waals surface area contributed by atoms with Gasteiger partial charge in [0, 0.05) is 6.07 Å². The quantitative estimate of drug-likeness (QED) is 0.627. The molecule has 118 valence electrons. The monoisotopic (exact) mass is 304 g/mol. The number of aryl methyl sites for hydroxylation is 2. The number of hydrogen-bond acceptors (Lipinski definition) is 5. The lowest BCUT2D eigenvalue weighted by Gasteiger charge is -2.16. The van der Waals surface area contributed by atoms with Gasteiger partial charge < -0.3 is 13.9 Å². The number of rotatable bonds is 5. The number of carbonyl (C=O) groups excluding carboxylic acids is 1. The van der Waals surface area contributed by atoms with E-state index >= 15 is 0 Å². The highest BCUT2D eigenvalue weighted by molar-refractivity contribution is 5.88. The number of benzene rings is 1. The van der Waals surface area contributed by atoms with Crippen molar-refractivity contribution in [2.24, 2.45) is 0 Å². The molecule has 0 bridgehead atoms. The van der Waals surface area contributed by atoms with Crippen molar-refractivity contribution in [1.82, 2.24) is 0 Å². The van der Waals surface area contributed by atoms with Crippen LogP contribution in [0, 0.1) is 6.92 Å². The molecule has 5 heteroatoms.